The number of hydrogen-bond donors (Lipinski definition) is 0. The zero-order valence-electron chi connectivity index (χ0n) is 18.1. The molecule has 0 aliphatic carbocycles. The van der Waals surface area contributed by atoms with E-state index in [1.54, 1.807) is 11.3 Å². The van der Waals surface area contributed by atoms with Crippen molar-refractivity contribution >= 4 is 35.7 Å². The van der Waals surface area contributed by atoms with E-state index in [9.17, 15) is 9.59 Å². The van der Waals surface area contributed by atoms with Gasteiger partial charge in [-0.25, -0.2) is 0 Å². The molecule has 0 saturated carbocycles. The van der Waals surface area contributed by atoms with E-state index in [1.807, 2.05) is 18.2 Å². The zero-order valence-corrected chi connectivity index (χ0v) is 19.7. The second-order valence-electron chi connectivity index (χ2n) is 7.72. The summed E-state index contributed by atoms with van der Waals surface area (Å²) < 4.78 is 10.8. The van der Waals surface area contributed by atoms with Crippen LogP contribution in [0, 0.1) is 0 Å². The summed E-state index contributed by atoms with van der Waals surface area (Å²) in [7, 11) is 0. The second kappa shape index (κ2) is 10.8. The van der Waals surface area contributed by atoms with Crippen molar-refractivity contribution in [3.05, 3.63) is 81.5 Å². The van der Waals surface area contributed by atoms with Crippen LogP contribution in [0.5, 0.6) is 11.5 Å². The fourth-order valence-corrected chi connectivity index (χ4v) is 4.91. The fraction of sp³-hybridized carbons (Fsp3) is 0.280. The number of ether oxygens (including phenoxy) is 2. The van der Waals surface area contributed by atoms with E-state index >= 15 is 0 Å². The number of halogens is 1. The highest BCUT2D eigenvalue weighted by atomic mass is 35.5. The van der Waals surface area contributed by atoms with Crippen molar-refractivity contribution in [2.75, 3.05) is 13.1 Å². The Morgan fingerprint density at radius 2 is 1.69 bits per heavy atom. The summed E-state index contributed by atoms with van der Waals surface area (Å²) in [6.07, 6.45) is 0.818. The smallest absolute Gasteiger partial charge is 0.308 e. The minimum atomic E-state index is -0.444. The molecule has 7 heteroatoms. The Bertz CT molecular complexity index is 1070. The molecule has 0 N–H and O–H groups in total. The van der Waals surface area contributed by atoms with Crippen LogP contribution in [0.4, 0.5) is 0 Å². The Morgan fingerprint density at radius 1 is 1.00 bits per heavy atom. The van der Waals surface area contributed by atoms with E-state index in [0.717, 1.165) is 37.2 Å². The summed E-state index contributed by atoms with van der Waals surface area (Å²) in [5, 5.41) is 2.08. The molecule has 1 aliphatic rings. The van der Waals surface area contributed by atoms with Gasteiger partial charge in [0.15, 0.2) is 11.5 Å². The number of fused-ring (bicyclic) bond motifs is 1. The number of benzene rings is 2. The molecule has 0 spiro atoms. The third-order valence-corrected chi connectivity index (χ3v) is 6.35. The van der Waals surface area contributed by atoms with Crippen LogP contribution in [-0.2, 0) is 22.6 Å². The fourth-order valence-electron chi connectivity index (χ4n) is 4.07. The molecule has 2 heterocycles. The Kier molecular flexibility index (Phi) is 8.07. The van der Waals surface area contributed by atoms with Gasteiger partial charge in [-0.05, 0) is 46.7 Å². The van der Waals surface area contributed by atoms with Gasteiger partial charge in [0.1, 0.15) is 0 Å². The van der Waals surface area contributed by atoms with Gasteiger partial charge in [-0.3, -0.25) is 14.5 Å². The number of hydrogen-bond acceptors (Lipinski definition) is 6. The lowest BCUT2D eigenvalue weighted by Crippen LogP contribution is -2.28. The van der Waals surface area contributed by atoms with E-state index in [1.165, 1.54) is 24.3 Å². The molecular formula is C25H26ClNO4S. The minimum absolute atomic E-state index is 0. The number of rotatable bonds is 5. The first-order valence-corrected chi connectivity index (χ1v) is 11.2. The van der Waals surface area contributed by atoms with Gasteiger partial charge in [-0.2, -0.15) is 0 Å². The number of carbonyl (C=O) groups is 2. The van der Waals surface area contributed by atoms with Crippen LogP contribution in [-0.4, -0.2) is 29.9 Å². The quantitative estimate of drug-likeness (QED) is 0.377. The molecule has 1 unspecified atom stereocenters. The van der Waals surface area contributed by atoms with Crippen LogP contribution in [0.15, 0.2) is 60.0 Å². The molecule has 168 valence electrons. The zero-order chi connectivity index (χ0) is 21.8. The Labute approximate surface area is 198 Å². The Balaban J connectivity index is 0.00000289. The maximum Gasteiger partial charge on any atom is 0.308 e. The molecule has 4 rings (SSSR count). The molecule has 1 aliphatic heterocycles. The minimum Gasteiger partial charge on any atom is -0.423 e. The average molecular weight is 472 g/mol. The van der Waals surface area contributed by atoms with Gasteiger partial charge in [-0.15, -0.1) is 23.7 Å². The second-order valence-corrected chi connectivity index (χ2v) is 8.70. The van der Waals surface area contributed by atoms with Gasteiger partial charge in [0, 0.05) is 44.3 Å². The van der Waals surface area contributed by atoms with Crippen molar-refractivity contribution in [3.8, 4) is 11.5 Å². The lowest BCUT2D eigenvalue weighted by atomic mass is 9.92. The van der Waals surface area contributed by atoms with Crippen LogP contribution in [0.1, 0.15) is 41.3 Å². The number of esters is 2. The van der Waals surface area contributed by atoms with Crippen LogP contribution < -0.4 is 9.47 Å². The predicted molar refractivity (Wildman–Crippen MR) is 128 cm³/mol. The third-order valence-electron chi connectivity index (χ3n) is 5.36. The SMILES string of the molecule is CC(=O)Oc1cc2c(cc1OC(C)=O)C(c1cccs1)CN(Cc1ccccc1)CC2.Cl. The molecule has 0 fully saturated rings. The molecule has 5 nitrogen and oxygen atoms in total. The lowest BCUT2D eigenvalue weighted by molar-refractivity contribution is -0.134. The monoisotopic (exact) mass is 471 g/mol. The van der Waals surface area contributed by atoms with Gasteiger partial charge < -0.3 is 9.47 Å². The maximum absolute atomic E-state index is 11.7. The highest BCUT2D eigenvalue weighted by Crippen LogP contribution is 2.40. The average Bonchev–Trinajstić information content (AvgIpc) is 3.20. The summed E-state index contributed by atoms with van der Waals surface area (Å²) in [5.74, 6) is -0.160. The summed E-state index contributed by atoms with van der Waals surface area (Å²) in [5.41, 5.74) is 3.51. The molecule has 32 heavy (non-hydrogen) atoms. The van der Waals surface area contributed by atoms with Gasteiger partial charge in [-0.1, -0.05) is 36.4 Å². The first-order chi connectivity index (χ1) is 15.0. The maximum atomic E-state index is 11.7. The molecule has 0 saturated heterocycles. The molecule has 1 aromatic heterocycles. The largest absolute Gasteiger partial charge is 0.423 e. The number of thiophene rings is 1. The van der Waals surface area contributed by atoms with Crippen molar-refractivity contribution in [2.24, 2.45) is 0 Å². The Hall–Kier alpha value is -2.67. The summed E-state index contributed by atoms with van der Waals surface area (Å²) >= 11 is 1.73. The molecule has 2 aromatic carbocycles. The standard InChI is InChI=1S/C25H25NO4S.ClH/c1-17(27)29-23-13-20-10-11-26(15-19-7-4-3-5-8-19)16-22(25-9-6-12-31-25)21(20)14-24(23)30-18(2)28;/h3-9,12-14,22H,10-11,15-16H2,1-2H3;1H. The van der Waals surface area contributed by atoms with E-state index in [4.69, 9.17) is 9.47 Å². The summed E-state index contributed by atoms with van der Waals surface area (Å²) in [6.45, 7) is 5.30. The lowest BCUT2D eigenvalue weighted by Gasteiger charge is -2.25. The molecular weight excluding hydrogens is 446 g/mol. The predicted octanol–water partition coefficient (Wildman–Crippen LogP) is 5.21. The first kappa shape index (κ1) is 24.0. The number of nitrogens with zero attached hydrogens (tertiary/aromatic N) is 1. The van der Waals surface area contributed by atoms with Crippen LogP contribution in [0.2, 0.25) is 0 Å². The van der Waals surface area contributed by atoms with E-state index in [2.05, 4.69) is 46.7 Å². The topological polar surface area (TPSA) is 55.8 Å². The normalized spacial score (nSPS) is 15.8. The van der Waals surface area contributed by atoms with Crippen molar-refractivity contribution in [1.82, 2.24) is 4.90 Å². The highest BCUT2D eigenvalue weighted by molar-refractivity contribution is 7.10. The van der Waals surface area contributed by atoms with Gasteiger partial charge in [0.05, 0.1) is 0 Å². The molecule has 3 aromatic rings. The molecule has 0 radical (unpaired) electrons. The van der Waals surface area contributed by atoms with Crippen LogP contribution in [0.3, 0.4) is 0 Å². The molecule has 0 amide bonds. The van der Waals surface area contributed by atoms with Crippen molar-refractivity contribution in [1.29, 1.82) is 0 Å². The highest BCUT2D eigenvalue weighted by Gasteiger charge is 2.28. The summed E-state index contributed by atoms with van der Waals surface area (Å²) in [6, 6.07) is 18.4. The first-order valence-electron chi connectivity index (χ1n) is 10.3. The van der Waals surface area contributed by atoms with Crippen molar-refractivity contribution in [3.63, 3.8) is 0 Å². The van der Waals surface area contributed by atoms with Gasteiger partial charge >= 0.3 is 11.9 Å². The van der Waals surface area contributed by atoms with E-state index < -0.39 is 11.9 Å². The van der Waals surface area contributed by atoms with Crippen molar-refractivity contribution in [2.45, 2.75) is 32.7 Å². The van der Waals surface area contributed by atoms with E-state index in [-0.39, 0.29) is 18.3 Å². The van der Waals surface area contributed by atoms with E-state index in [0.29, 0.717) is 11.5 Å². The van der Waals surface area contributed by atoms with Crippen LogP contribution in [0.25, 0.3) is 0 Å². The van der Waals surface area contributed by atoms with Crippen LogP contribution >= 0.6 is 23.7 Å². The number of carbonyl (C=O) groups excluding carboxylic acids is 2. The molecule has 0 bridgehead atoms. The molecule has 1 atom stereocenters. The summed E-state index contributed by atoms with van der Waals surface area (Å²) in [4.78, 5) is 27.0. The van der Waals surface area contributed by atoms with Crippen molar-refractivity contribution < 1.29 is 19.1 Å². The Morgan fingerprint density at radius 3 is 2.31 bits per heavy atom. The third kappa shape index (κ3) is 5.76. The van der Waals surface area contributed by atoms with Gasteiger partial charge in [0.25, 0.3) is 0 Å². The van der Waals surface area contributed by atoms with Gasteiger partial charge in [0.2, 0.25) is 0 Å².